The molecule has 0 aliphatic heterocycles. The molecule has 0 spiro atoms. The number of aryl methyl sites for hydroxylation is 2. The standard InChI is InChI=1S/C28H34N4O4S2/c1-6-15-32-25(19(5)36-20-13-11-18(4)12-14-20)30-31-28(32)37-16-23(33)29-26-24(27(34)35-17(2)3)21-9-7-8-10-22(21)38-26/h6,11-14,17,19H,1,7-10,15-16H2,2-5H3,(H,29,33). The fraction of sp³-hybridized carbons (Fsp3) is 0.429. The summed E-state index contributed by atoms with van der Waals surface area (Å²) in [5, 5.41) is 12.8. The molecule has 38 heavy (non-hydrogen) atoms. The number of esters is 1. The van der Waals surface area contributed by atoms with Crippen LogP contribution in [-0.2, 0) is 28.9 Å². The van der Waals surface area contributed by atoms with Crippen LogP contribution in [0.1, 0.15) is 71.9 Å². The molecule has 1 atom stereocenters. The number of thioether (sulfide) groups is 1. The summed E-state index contributed by atoms with van der Waals surface area (Å²) in [5.74, 6) is 0.920. The normalized spacial score (nSPS) is 13.6. The van der Waals surface area contributed by atoms with Crippen LogP contribution in [0.25, 0.3) is 0 Å². The molecule has 1 amide bonds. The Kier molecular flexibility index (Phi) is 9.27. The van der Waals surface area contributed by atoms with E-state index >= 15 is 0 Å². The van der Waals surface area contributed by atoms with Crippen molar-refractivity contribution in [3.63, 3.8) is 0 Å². The Morgan fingerprint density at radius 2 is 1.92 bits per heavy atom. The summed E-state index contributed by atoms with van der Waals surface area (Å²) < 4.78 is 13.5. The molecule has 2 heterocycles. The Hall–Kier alpha value is -3.11. The largest absolute Gasteiger partial charge is 0.483 e. The molecule has 4 rings (SSSR count). The molecule has 10 heteroatoms. The molecule has 202 valence electrons. The third-order valence-electron chi connectivity index (χ3n) is 6.06. The van der Waals surface area contributed by atoms with E-state index in [0.717, 1.165) is 47.4 Å². The predicted molar refractivity (Wildman–Crippen MR) is 151 cm³/mol. The van der Waals surface area contributed by atoms with E-state index in [1.54, 1.807) is 6.08 Å². The number of hydrogen-bond acceptors (Lipinski definition) is 8. The van der Waals surface area contributed by atoms with Gasteiger partial charge in [0.25, 0.3) is 0 Å². The number of rotatable bonds is 11. The van der Waals surface area contributed by atoms with Crippen LogP contribution in [0.4, 0.5) is 5.00 Å². The Morgan fingerprint density at radius 3 is 2.63 bits per heavy atom. The van der Waals surface area contributed by atoms with Crippen molar-refractivity contribution in [3.8, 4) is 5.75 Å². The fourth-order valence-corrected chi connectivity index (χ4v) is 6.37. The van der Waals surface area contributed by atoms with Gasteiger partial charge in [-0.3, -0.25) is 9.36 Å². The number of fused-ring (bicyclic) bond motifs is 1. The Morgan fingerprint density at radius 1 is 1.18 bits per heavy atom. The number of benzene rings is 1. The first-order chi connectivity index (χ1) is 18.3. The first-order valence-corrected chi connectivity index (χ1v) is 14.6. The molecule has 1 aliphatic rings. The summed E-state index contributed by atoms with van der Waals surface area (Å²) in [6.07, 6.45) is 5.05. The van der Waals surface area contributed by atoms with E-state index in [9.17, 15) is 9.59 Å². The van der Waals surface area contributed by atoms with Gasteiger partial charge in [-0.1, -0.05) is 35.5 Å². The molecule has 0 bridgehead atoms. The van der Waals surface area contributed by atoms with Crippen LogP contribution >= 0.6 is 23.1 Å². The minimum absolute atomic E-state index is 0.115. The summed E-state index contributed by atoms with van der Waals surface area (Å²) >= 11 is 2.77. The van der Waals surface area contributed by atoms with Crippen LogP contribution in [0.2, 0.25) is 0 Å². The first-order valence-electron chi connectivity index (χ1n) is 12.8. The van der Waals surface area contributed by atoms with Gasteiger partial charge in [0, 0.05) is 11.4 Å². The lowest BCUT2D eigenvalue weighted by atomic mass is 9.95. The van der Waals surface area contributed by atoms with Crippen molar-refractivity contribution >= 4 is 40.0 Å². The van der Waals surface area contributed by atoms with E-state index in [2.05, 4.69) is 22.1 Å². The summed E-state index contributed by atoms with van der Waals surface area (Å²) in [5.41, 5.74) is 2.69. The van der Waals surface area contributed by atoms with Gasteiger partial charge < -0.3 is 14.8 Å². The highest BCUT2D eigenvalue weighted by atomic mass is 32.2. The number of anilines is 1. The number of ether oxygens (including phenoxy) is 2. The van der Waals surface area contributed by atoms with Crippen molar-refractivity contribution < 1.29 is 19.1 Å². The van der Waals surface area contributed by atoms with Gasteiger partial charge >= 0.3 is 5.97 Å². The molecule has 3 aromatic rings. The van der Waals surface area contributed by atoms with Gasteiger partial charge in [0.05, 0.1) is 17.4 Å². The van der Waals surface area contributed by atoms with Crippen LogP contribution in [0, 0.1) is 6.92 Å². The molecule has 8 nitrogen and oxygen atoms in total. The number of carbonyl (C=O) groups is 2. The monoisotopic (exact) mass is 554 g/mol. The van der Waals surface area contributed by atoms with E-state index in [0.29, 0.717) is 28.1 Å². The molecule has 1 aliphatic carbocycles. The van der Waals surface area contributed by atoms with Gasteiger partial charge in [0.2, 0.25) is 5.91 Å². The lowest BCUT2D eigenvalue weighted by molar-refractivity contribution is -0.113. The smallest absolute Gasteiger partial charge is 0.341 e. The molecule has 0 saturated heterocycles. The predicted octanol–water partition coefficient (Wildman–Crippen LogP) is 6.15. The third kappa shape index (κ3) is 6.66. The number of hydrogen-bond donors (Lipinski definition) is 1. The molecule has 1 aromatic carbocycles. The van der Waals surface area contributed by atoms with E-state index in [1.165, 1.54) is 23.1 Å². The van der Waals surface area contributed by atoms with Crippen molar-refractivity contribution in [2.75, 3.05) is 11.1 Å². The van der Waals surface area contributed by atoms with Crippen molar-refractivity contribution in [1.82, 2.24) is 14.8 Å². The second-order valence-corrected chi connectivity index (χ2v) is 11.6. The van der Waals surface area contributed by atoms with Gasteiger partial charge in [-0.2, -0.15) is 0 Å². The number of allylic oxidation sites excluding steroid dienone is 1. The molecule has 1 unspecified atom stereocenters. The number of carbonyl (C=O) groups excluding carboxylic acids is 2. The van der Waals surface area contributed by atoms with Gasteiger partial charge in [-0.15, -0.1) is 28.1 Å². The topological polar surface area (TPSA) is 95.3 Å². The third-order valence-corrected chi connectivity index (χ3v) is 8.23. The van der Waals surface area contributed by atoms with E-state index < -0.39 is 0 Å². The number of aromatic nitrogens is 3. The number of nitrogens with zero attached hydrogens (tertiary/aromatic N) is 3. The Labute approximate surface area is 231 Å². The summed E-state index contributed by atoms with van der Waals surface area (Å²) in [7, 11) is 0. The number of amides is 1. The summed E-state index contributed by atoms with van der Waals surface area (Å²) in [4.78, 5) is 27.0. The van der Waals surface area contributed by atoms with Crippen LogP contribution in [0.15, 0.2) is 42.1 Å². The van der Waals surface area contributed by atoms with Gasteiger partial charge in [0.1, 0.15) is 10.8 Å². The molecule has 0 saturated carbocycles. The van der Waals surface area contributed by atoms with Crippen molar-refractivity contribution in [3.05, 3.63) is 64.3 Å². The van der Waals surface area contributed by atoms with Crippen LogP contribution in [0.3, 0.4) is 0 Å². The number of thiophene rings is 1. The molecule has 0 radical (unpaired) electrons. The maximum Gasteiger partial charge on any atom is 0.341 e. The average Bonchev–Trinajstić information content (AvgIpc) is 3.44. The maximum absolute atomic E-state index is 13.0. The average molecular weight is 555 g/mol. The molecule has 0 fully saturated rings. The summed E-state index contributed by atoms with van der Waals surface area (Å²) in [6.45, 7) is 11.9. The van der Waals surface area contributed by atoms with E-state index in [1.807, 2.05) is 56.5 Å². The molecular weight excluding hydrogens is 520 g/mol. The van der Waals surface area contributed by atoms with Crippen molar-refractivity contribution in [1.29, 1.82) is 0 Å². The second kappa shape index (κ2) is 12.6. The molecule has 2 aromatic heterocycles. The quantitative estimate of drug-likeness (QED) is 0.173. The Bertz CT molecular complexity index is 1300. The van der Waals surface area contributed by atoms with Gasteiger partial charge in [-0.05, 0) is 71.1 Å². The zero-order valence-electron chi connectivity index (χ0n) is 22.3. The SMILES string of the molecule is C=CCn1c(SCC(=O)Nc2sc3c(c2C(=O)OC(C)C)CCCC3)nnc1C(C)Oc1ccc(C)cc1. The number of nitrogens with one attached hydrogen (secondary N) is 1. The zero-order valence-corrected chi connectivity index (χ0v) is 23.9. The first kappa shape index (κ1) is 27.9. The van der Waals surface area contributed by atoms with Crippen molar-refractivity contribution in [2.24, 2.45) is 0 Å². The van der Waals surface area contributed by atoms with Gasteiger partial charge in [-0.25, -0.2) is 4.79 Å². The van der Waals surface area contributed by atoms with Gasteiger partial charge in [0.15, 0.2) is 17.1 Å². The Balaban J connectivity index is 1.46. The second-order valence-electron chi connectivity index (χ2n) is 9.52. The fourth-order valence-electron chi connectivity index (χ4n) is 4.32. The lowest BCUT2D eigenvalue weighted by Gasteiger charge is -2.16. The van der Waals surface area contributed by atoms with E-state index in [4.69, 9.17) is 9.47 Å². The lowest BCUT2D eigenvalue weighted by Crippen LogP contribution is -2.19. The highest BCUT2D eigenvalue weighted by Crippen LogP contribution is 2.39. The highest BCUT2D eigenvalue weighted by molar-refractivity contribution is 7.99. The van der Waals surface area contributed by atoms with E-state index in [-0.39, 0.29) is 29.8 Å². The minimum atomic E-state index is -0.375. The van der Waals surface area contributed by atoms with Crippen LogP contribution < -0.4 is 10.1 Å². The molecular formula is C28H34N4O4S2. The minimum Gasteiger partial charge on any atom is -0.483 e. The maximum atomic E-state index is 13.0. The highest BCUT2D eigenvalue weighted by Gasteiger charge is 2.28. The zero-order chi connectivity index (χ0) is 27.2. The van der Waals surface area contributed by atoms with Crippen LogP contribution in [-0.4, -0.2) is 38.5 Å². The summed E-state index contributed by atoms with van der Waals surface area (Å²) in [6, 6.07) is 7.84. The molecule has 1 N–H and O–H groups in total. The van der Waals surface area contributed by atoms with Crippen LogP contribution in [0.5, 0.6) is 5.75 Å². The van der Waals surface area contributed by atoms with Crippen molar-refractivity contribution in [2.45, 2.75) is 77.3 Å².